The number of nitrogen functional groups attached to an aromatic ring is 1. The van der Waals surface area contributed by atoms with Crippen LogP contribution in [0.3, 0.4) is 0 Å². The summed E-state index contributed by atoms with van der Waals surface area (Å²) in [6.45, 7) is 3.58. The number of carbonyl (C=O) groups is 1. The summed E-state index contributed by atoms with van der Waals surface area (Å²) in [4.78, 5) is 17.9. The van der Waals surface area contributed by atoms with Gasteiger partial charge in [0.2, 0.25) is 0 Å². The molecule has 1 rings (SSSR count). The van der Waals surface area contributed by atoms with E-state index in [0.29, 0.717) is 31.1 Å². The predicted octanol–water partition coefficient (Wildman–Crippen LogP) is 0.476. The lowest BCUT2D eigenvalue weighted by Crippen LogP contribution is -2.34. The van der Waals surface area contributed by atoms with Gasteiger partial charge in [0.15, 0.2) is 5.82 Å². The molecule has 17 heavy (non-hydrogen) atoms. The van der Waals surface area contributed by atoms with Crippen LogP contribution in [0.15, 0.2) is 18.3 Å². The van der Waals surface area contributed by atoms with E-state index in [2.05, 4.69) is 10.4 Å². The summed E-state index contributed by atoms with van der Waals surface area (Å²) in [7, 11) is 1.61. The molecule has 0 spiro atoms. The SMILES string of the molecule is CCN(CCOC)C(=O)c1cccnc1NN. The van der Waals surface area contributed by atoms with Crippen molar-refractivity contribution in [3.8, 4) is 0 Å². The van der Waals surface area contributed by atoms with Crippen LogP contribution in [0.4, 0.5) is 5.82 Å². The molecule has 0 saturated carbocycles. The van der Waals surface area contributed by atoms with E-state index in [0.717, 1.165) is 0 Å². The number of methoxy groups -OCH3 is 1. The van der Waals surface area contributed by atoms with Gasteiger partial charge in [-0.25, -0.2) is 10.8 Å². The third-order valence-corrected chi connectivity index (χ3v) is 2.41. The van der Waals surface area contributed by atoms with Gasteiger partial charge in [-0.15, -0.1) is 0 Å². The van der Waals surface area contributed by atoms with Crippen molar-refractivity contribution in [2.45, 2.75) is 6.92 Å². The molecule has 0 unspecified atom stereocenters. The van der Waals surface area contributed by atoms with Crippen LogP contribution >= 0.6 is 0 Å². The number of anilines is 1. The molecule has 94 valence electrons. The van der Waals surface area contributed by atoms with Gasteiger partial charge in [0.25, 0.3) is 5.91 Å². The quantitative estimate of drug-likeness (QED) is 0.556. The number of likely N-dealkylation sites (N-methyl/N-ethyl adjacent to an activating group) is 1. The molecule has 0 saturated heterocycles. The monoisotopic (exact) mass is 238 g/mol. The summed E-state index contributed by atoms with van der Waals surface area (Å²) in [5, 5.41) is 0. The minimum absolute atomic E-state index is 0.106. The zero-order valence-electron chi connectivity index (χ0n) is 10.1. The fourth-order valence-electron chi connectivity index (χ4n) is 1.47. The number of nitrogens with two attached hydrogens (primary N) is 1. The van der Waals surface area contributed by atoms with Crippen molar-refractivity contribution in [3.63, 3.8) is 0 Å². The van der Waals surface area contributed by atoms with Crippen LogP contribution in [0.2, 0.25) is 0 Å². The van der Waals surface area contributed by atoms with Gasteiger partial charge in [-0.2, -0.15) is 0 Å². The van der Waals surface area contributed by atoms with Gasteiger partial charge in [0.1, 0.15) is 0 Å². The highest BCUT2D eigenvalue weighted by Crippen LogP contribution is 2.12. The van der Waals surface area contributed by atoms with Crippen molar-refractivity contribution in [2.24, 2.45) is 5.84 Å². The van der Waals surface area contributed by atoms with E-state index in [4.69, 9.17) is 10.6 Å². The van der Waals surface area contributed by atoms with Crippen molar-refractivity contribution < 1.29 is 9.53 Å². The Kier molecular flexibility index (Phi) is 5.38. The second-order valence-corrected chi connectivity index (χ2v) is 3.42. The summed E-state index contributed by atoms with van der Waals surface area (Å²) < 4.78 is 4.97. The number of hydrogen-bond donors (Lipinski definition) is 2. The zero-order valence-corrected chi connectivity index (χ0v) is 10.1. The highest BCUT2D eigenvalue weighted by Gasteiger charge is 2.17. The third kappa shape index (κ3) is 3.40. The van der Waals surface area contributed by atoms with E-state index < -0.39 is 0 Å². The number of nitrogens with one attached hydrogen (secondary N) is 1. The maximum atomic E-state index is 12.2. The maximum Gasteiger partial charge on any atom is 0.257 e. The molecule has 0 aromatic carbocycles. The van der Waals surface area contributed by atoms with Gasteiger partial charge in [0.05, 0.1) is 12.2 Å². The molecule has 1 aromatic heterocycles. The highest BCUT2D eigenvalue weighted by molar-refractivity contribution is 5.98. The number of aromatic nitrogens is 1. The summed E-state index contributed by atoms with van der Waals surface area (Å²) >= 11 is 0. The summed E-state index contributed by atoms with van der Waals surface area (Å²) in [6, 6.07) is 3.40. The third-order valence-electron chi connectivity index (χ3n) is 2.41. The van der Waals surface area contributed by atoms with E-state index >= 15 is 0 Å². The first-order valence-corrected chi connectivity index (χ1v) is 5.44. The Labute approximate surface area is 101 Å². The normalized spacial score (nSPS) is 10.1. The molecule has 0 aliphatic carbocycles. The smallest absolute Gasteiger partial charge is 0.257 e. The number of pyridine rings is 1. The predicted molar refractivity (Wildman–Crippen MR) is 65.5 cm³/mol. The molecule has 0 aliphatic heterocycles. The molecular formula is C11H18N4O2. The lowest BCUT2D eigenvalue weighted by atomic mass is 10.2. The molecule has 0 radical (unpaired) electrons. The van der Waals surface area contributed by atoms with Gasteiger partial charge < -0.3 is 15.1 Å². The van der Waals surface area contributed by atoms with Crippen LogP contribution in [0.1, 0.15) is 17.3 Å². The molecule has 0 fully saturated rings. The first-order valence-electron chi connectivity index (χ1n) is 5.44. The van der Waals surface area contributed by atoms with E-state index in [1.807, 2.05) is 6.92 Å². The first-order chi connectivity index (χ1) is 8.24. The fourth-order valence-corrected chi connectivity index (χ4v) is 1.47. The summed E-state index contributed by atoms with van der Waals surface area (Å²) in [5.41, 5.74) is 2.89. The van der Waals surface area contributed by atoms with E-state index in [9.17, 15) is 4.79 Å². The van der Waals surface area contributed by atoms with Gasteiger partial charge in [0, 0.05) is 26.4 Å². The van der Waals surface area contributed by atoms with Crippen LogP contribution in [-0.4, -0.2) is 42.6 Å². The minimum Gasteiger partial charge on any atom is -0.383 e. The standard InChI is InChI=1S/C11H18N4O2/c1-3-15(7-8-17-2)11(16)9-5-4-6-13-10(9)14-12/h4-6H,3,7-8,12H2,1-2H3,(H,13,14). The number of hydrazine groups is 1. The Morgan fingerprint density at radius 1 is 1.65 bits per heavy atom. The summed E-state index contributed by atoms with van der Waals surface area (Å²) in [5.74, 6) is 5.60. The average molecular weight is 238 g/mol. The molecule has 6 heteroatoms. The highest BCUT2D eigenvalue weighted by atomic mass is 16.5. The van der Waals surface area contributed by atoms with Crippen LogP contribution in [0.5, 0.6) is 0 Å². The van der Waals surface area contributed by atoms with Crippen molar-refractivity contribution in [3.05, 3.63) is 23.9 Å². The Bertz CT molecular complexity index is 370. The van der Waals surface area contributed by atoms with Crippen molar-refractivity contribution in [2.75, 3.05) is 32.2 Å². The first kappa shape index (κ1) is 13.4. The topological polar surface area (TPSA) is 80.5 Å². The van der Waals surface area contributed by atoms with Gasteiger partial charge in [-0.05, 0) is 19.1 Å². The second-order valence-electron chi connectivity index (χ2n) is 3.42. The van der Waals surface area contributed by atoms with Gasteiger partial charge >= 0.3 is 0 Å². The second kappa shape index (κ2) is 6.82. The Balaban J connectivity index is 2.85. The number of nitrogens with zero attached hydrogens (tertiary/aromatic N) is 2. The largest absolute Gasteiger partial charge is 0.383 e. The molecule has 6 nitrogen and oxygen atoms in total. The van der Waals surface area contributed by atoms with Crippen LogP contribution in [0, 0.1) is 0 Å². The molecular weight excluding hydrogens is 220 g/mol. The molecule has 0 aliphatic rings. The minimum atomic E-state index is -0.106. The van der Waals surface area contributed by atoms with Gasteiger partial charge in [-0.1, -0.05) is 0 Å². The molecule has 3 N–H and O–H groups in total. The number of carbonyl (C=O) groups excluding carboxylic acids is 1. The van der Waals surface area contributed by atoms with Crippen LogP contribution in [0.25, 0.3) is 0 Å². The van der Waals surface area contributed by atoms with Crippen LogP contribution < -0.4 is 11.3 Å². The Hall–Kier alpha value is -1.66. The molecule has 1 amide bonds. The van der Waals surface area contributed by atoms with Gasteiger partial charge in [-0.3, -0.25) is 4.79 Å². The molecule has 1 heterocycles. The summed E-state index contributed by atoms with van der Waals surface area (Å²) in [6.07, 6.45) is 1.58. The Morgan fingerprint density at radius 3 is 3.00 bits per heavy atom. The van der Waals surface area contributed by atoms with E-state index in [1.165, 1.54) is 0 Å². The zero-order chi connectivity index (χ0) is 12.7. The fraction of sp³-hybridized carbons (Fsp3) is 0.455. The van der Waals surface area contributed by atoms with Crippen molar-refractivity contribution in [1.82, 2.24) is 9.88 Å². The Morgan fingerprint density at radius 2 is 2.41 bits per heavy atom. The maximum absolute atomic E-state index is 12.2. The number of amides is 1. The molecule has 1 aromatic rings. The van der Waals surface area contributed by atoms with E-state index in [-0.39, 0.29) is 5.91 Å². The van der Waals surface area contributed by atoms with Crippen LogP contribution in [-0.2, 0) is 4.74 Å². The molecule has 0 atom stereocenters. The number of hydrogen-bond acceptors (Lipinski definition) is 5. The van der Waals surface area contributed by atoms with Crippen molar-refractivity contribution in [1.29, 1.82) is 0 Å². The lowest BCUT2D eigenvalue weighted by molar-refractivity contribution is 0.0707. The van der Waals surface area contributed by atoms with E-state index in [1.54, 1.807) is 30.3 Å². The number of rotatable bonds is 6. The van der Waals surface area contributed by atoms with Crippen molar-refractivity contribution >= 4 is 11.7 Å². The molecule has 0 bridgehead atoms. The lowest BCUT2D eigenvalue weighted by Gasteiger charge is -2.21. The average Bonchev–Trinajstić information content (AvgIpc) is 2.39. The number of ether oxygens (including phenoxy) is 1.